The molecule has 0 radical (unpaired) electrons. The van der Waals surface area contributed by atoms with E-state index in [4.69, 9.17) is 0 Å². The van der Waals surface area contributed by atoms with E-state index < -0.39 is 5.92 Å². The van der Waals surface area contributed by atoms with Crippen LogP contribution in [0.15, 0.2) is 71.8 Å². The Morgan fingerprint density at radius 2 is 1.24 bits per heavy atom. The van der Waals surface area contributed by atoms with Crippen LogP contribution in [0.25, 0.3) is 0 Å². The van der Waals surface area contributed by atoms with Crippen LogP contribution in [0.4, 0.5) is 0 Å². The van der Waals surface area contributed by atoms with Gasteiger partial charge in [0.05, 0.1) is 0 Å². The summed E-state index contributed by atoms with van der Waals surface area (Å²) in [6.45, 7) is 0. The van der Waals surface area contributed by atoms with Crippen molar-refractivity contribution in [1.29, 1.82) is 0 Å². The van der Waals surface area contributed by atoms with E-state index in [9.17, 15) is 14.4 Å². The Hall–Kier alpha value is -2.81. The predicted molar refractivity (Wildman–Crippen MR) is 94.4 cm³/mol. The number of hydrogen-bond acceptors (Lipinski definition) is 3. The number of Topliss-reactive ketones (excluding diaryl/α,β-unsaturated/α-hetero) is 3. The van der Waals surface area contributed by atoms with Crippen molar-refractivity contribution in [3.8, 4) is 0 Å². The number of fused-ring (bicyclic) bond motifs is 2. The van der Waals surface area contributed by atoms with Crippen molar-refractivity contribution in [3.63, 3.8) is 0 Å². The average molecular weight is 330 g/mol. The minimum absolute atomic E-state index is 0.0974. The van der Waals surface area contributed by atoms with Crippen LogP contribution in [0.3, 0.4) is 0 Å². The molecule has 3 nitrogen and oxygen atoms in total. The van der Waals surface area contributed by atoms with Gasteiger partial charge in [0, 0.05) is 34.6 Å². The van der Waals surface area contributed by atoms with Crippen LogP contribution in [0.5, 0.6) is 0 Å². The first kappa shape index (κ1) is 15.7. The molecular weight excluding hydrogens is 312 g/mol. The molecule has 0 saturated heterocycles. The summed E-state index contributed by atoms with van der Waals surface area (Å²) in [4.78, 5) is 38.6. The standard InChI is InChI=1S/C22H18O3/c23-18-13-16-11-12-17(18)20(22(25)15-9-5-2-6-10-15)19(16)21(24)14-7-3-1-4-8-14/h1-10,16-17H,11-13H2/t16-,17+/m1/s1. The molecule has 124 valence electrons. The molecule has 3 aliphatic rings. The summed E-state index contributed by atoms with van der Waals surface area (Å²) in [6, 6.07) is 18.0. The molecular formula is C22H18O3. The summed E-state index contributed by atoms with van der Waals surface area (Å²) in [5, 5.41) is 0. The number of benzene rings is 2. The molecule has 0 N–H and O–H groups in total. The number of carbonyl (C=O) groups excluding carboxylic acids is 3. The van der Waals surface area contributed by atoms with Gasteiger partial charge in [0.2, 0.25) is 0 Å². The van der Waals surface area contributed by atoms with Crippen LogP contribution < -0.4 is 0 Å². The van der Waals surface area contributed by atoms with E-state index in [-0.39, 0.29) is 23.3 Å². The summed E-state index contributed by atoms with van der Waals surface area (Å²) < 4.78 is 0. The van der Waals surface area contributed by atoms with Gasteiger partial charge in [-0.05, 0) is 18.8 Å². The molecule has 0 heterocycles. The van der Waals surface area contributed by atoms with Crippen LogP contribution in [0, 0.1) is 11.8 Å². The Kier molecular flexibility index (Phi) is 3.92. The average Bonchev–Trinajstić information content (AvgIpc) is 2.68. The lowest BCUT2D eigenvalue weighted by atomic mass is 9.63. The van der Waals surface area contributed by atoms with Gasteiger partial charge in [0.1, 0.15) is 5.78 Å². The molecule has 3 heteroatoms. The second kappa shape index (κ2) is 6.25. The van der Waals surface area contributed by atoms with E-state index in [2.05, 4.69) is 0 Å². The topological polar surface area (TPSA) is 51.2 Å². The lowest BCUT2D eigenvalue weighted by molar-refractivity contribution is -0.125. The summed E-state index contributed by atoms with van der Waals surface area (Å²) in [6.07, 6.45) is 1.85. The lowest BCUT2D eigenvalue weighted by Crippen LogP contribution is -2.39. The van der Waals surface area contributed by atoms with E-state index >= 15 is 0 Å². The van der Waals surface area contributed by atoms with Crippen molar-refractivity contribution in [1.82, 2.24) is 0 Å². The molecule has 1 saturated carbocycles. The van der Waals surface area contributed by atoms with Gasteiger partial charge >= 0.3 is 0 Å². The fourth-order valence-corrected chi connectivity index (χ4v) is 4.05. The Bertz CT molecular complexity index is 878. The highest BCUT2D eigenvalue weighted by molar-refractivity contribution is 6.21. The molecule has 0 amide bonds. The van der Waals surface area contributed by atoms with Crippen molar-refractivity contribution in [2.45, 2.75) is 19.3 Å². The Morgan fingerprint density at radius 1 is 0.720 bits per heavy atom. The number of allylic oxidation sites excluding steroid dienone is 2. The number of carbonyl (C=O) groups is 3. The molecule has 2 aromatic carbocycles. The van der Waals surface area contributed by atoms with Crippen molar-refractivity contribution in [2.75, 3.05) is 0 Å². The molecule has 25 heavy (non-hydrogen) atoms. The zero-order valence-corrected chi connectivity index (χ0v) is 13.8. The van der Waals surface area contributed by atoms with Crippen LogP contribution in [-0.2, 0) is 4.79 Å². The van der Waals surface area contributed by atoms with E-state index in [1.807, 2.05) is 24.3 Å². The number of hydrogen-bond donors (Lipinski definition) is 0. The maximum absolute atomic E-state index is 13.1. The van der Waals surface area contributed by atoms with Gasteiger partial charge < -0.3 is 0 Å². The normalized spacial score (nSPS) is 22.2. The minimum Gasteiger partial charge on any atom is -0.299 e. The first-order valence-corrected chi connectivity index (χ1v) is 8.63. The van der Waals surface area contributed by atoms with E-state index in [0.29, 0.717) is 35.1 Å². The molecule has 0 aromatic heterocycles. The molecule has 0 unspecified atom stereocenters. The molecule has 0 aliphatic heterocycles. The smallest absolute Gasteiger partial charge is 0.190 e. The molecule has 3 aliphatic carbocycles. The van der Waals surface area contributed by atoms with Gasteiger partial charge in [0.25, 0.3) is 0 Å². The summed E-state index contributed by atoms with van der Waals surface area (Å²) in [7, 11) is 0. The monoisotopic (exact) mass is 330 g/mol. The quantitative estimate of drug-likeness (QED) is 0.795. The van der Waals surface area contributed by atoms with E-state index in [0.717, 1.165) is 6.42 Å². The first-order chi connectivity index (χ1) is 12.2. The fourth-order valence-electron chi connectivity index (χ4n) is 4.05. The van der Waals surface area contributed by atoms with Crippen LogP contribution in [0.1, 0.15) is 40.0 Å². The van der Waals surface area contributed by atoms with Crippen LogP contribution in [0.2, 0.25) is 0 Å². The second-order valence-corrected chi connectivity index (χ2v) is 6.71. The van der Waals surface area contributed by atoms with Crippen molar-refractivity contribution in [2.24, 2.45) is 11.8 Å². The van der Waals surface area contributed by atoms with Crippen LogP contribution in [-0.4, -0.2) is 17.3 Å². The summed E-state index contributed by atoms with van der Waals surface area (Å²) in [5.74, 6) is -0.752. The third-order valence-electron chi connectivity index (χ3n) is 5.25. The molecule has 2 atom stereocenters. The van der Waals surface area contributed by atoms with Crippen molar-refractivity contribution >= 4 is 17.3 Å². The van der Waals surface area contributed by atoms with Crippen LogP contribution >= 0.6 is 0 Å². The van der Waals surface area contributed by atoms with Gasteiger partial charge in [-0.15, -0.1) is 0 Å². The molecule has 1 fully saturated rings. The maximum Gasteiger partial charge on any atom is 0.190 e. The third kappa shape index (κ3) is 2.66. The highest BCUT2D eigenvalue weighted by atomic mass is 16.1. The minimum atomic E-state index is -0.430. The zero-order valence-electron chi connectivity index (χ0n) is 13.8. The molecule has 2 aromatic rings. The predicted octanol–water partition coefficient (Wildman–Crippen LogP) is 4.05. The van der Waals surface area contributed by atoms with Gasteiger partial charge in [-0.3, -0.25) is 14.4 Å². The number of rotatable bonds is 4. The maximum atomic E-state index is 13.1. The molecule has 0 spiro atoms. The Morgan fingerprint density at radius 3 is 1.76 bits per heavy atom. The highest BCUT2D eigenvalue weighted by Gasteiger charge is 2.45. The number of ketones is 3. The summed E-state index contributed by atoms with van der Waals surface area (Å²) in [5.41, 5.74) is 2.12. The third-order valence-corrected chi connectivity index (χ3v) is 5.25. The SMILES string of the molecule is O=C(C1=C(C(=O)c2ccccc2)[C@H]2CC[C@@H]1CC2=O)c1ccccc1. The van der Waals surface area contributed by atoms with Gasteiger partial charge in [-0.1, -0.05) is 60.7 Å². The first-order valence-electron chi connectivity index (χ1n) is 8.63. The van der Waals surface area contributed by atoms with E-state index in [1.54, 1.807) is 36.4 Å². The zero-order chi connectivity index (χ0) is 17.4. The second-order valence-electron chi connectivity index (χ2n) is 6.71. The molecule has 2 bridgehead atoms. The van der Waals surface area contributed by atoms with Crippen molar-refractivity contribution in [3.05, 3.63) is 82.9 Å². The summed E-state index contributed by atoms with van der Waals surface area (Å²) >= 11 is 0. The molecule has 5 rings (SSSR count). The fraction of sp³-hybridized carbons (Fsp3) is 0.227. The Balaban J connectivity index is 1.86. The van der Waals surface area contributed by atoms with Crippen molar-refractivity contribution < 1.29 is 14.4 Å². The van der Waals surface area contributed by atoms with E-state index in [1.165, 1.54) is 0 Å². The van der Waals surface area contributed by atoms with Gasteiger partial charge in [-0.25, -0.2) is 0 Å². The van der Waals surface area contributed by atoms with Gasteiger partial charge in [0.15, 0.2) is 11.6 Å². The lowest BCUT2D eigenvalue weighted by Gasteiger charge is -2.38. The highest BCUT2D eigenvalue weighted by Crippen LogP contribution is 2.45. The largest absolute Gasteiger partial charge is 0.299 e. The van der Waals surface area contributed by atoms with Gasteiger partial charge in [-0.2, -0.15) is 0 Å². The Labute approximate surface area is 146 Å².